The van der Waals surface area contributed by atoms with E-state index in [9.17, 15) is 13.2 Å². The fourth-order valence-electron chi connectivity index (χ4n) is 2.72. The zero-order valence-corrected chi connectivity index (χ0v) is 12.9. The van der Waals surface area contributed by atoms with Crippen LogP contribution < -0.4 is 5.32 Å². The van der Waals surface area contributed by atoms with Gasteiger partial charge < -0.3 is 5.32 Å². The highest BCUT2D eigenvalue weighted by Gasteiger charge is 2.30. The summed E-state index contributed by atoms with van der Waals surface area (Å²) < 4.78 is 37.8. The van der Waals surface area contributed by atoms with Crippen molar-refractivity contribution in [3.63, 3.8) is 0 Å². The lowest BCUT2D eigenvalue weighted by atomic mass is 9.98. The molecule has 1 fully saturated rings. The van der Waals surface area contributed by atoms with Crippen LogP contribution in [0.5, 0.6) is 0 Å². The van der Waals surface area contributed by atoms with E-state index in [4.69, 9.17) is 0 Å². The number of halogens is 4. The Morgan fingerprint density at radius 3 is 2.19 bits per heavy atom. The van der Waals surface area contributed by atoms with Gasteiger partial charge in [0.2, 0.25) is 0 Å². The Labute approximate surface area is 130 Å². The summed E-state index contributed by atoms with van der Waals surface area (Å²) in [6, 6.07) is 5.88. The fourth-order valence-corrected chi connectivity index (χ4v) is 2.72. The molecular formula is C15H22ClF3N2. The van der Waals surface area contributed by atoms with Crippen molar-refractivity contribution >= 4 is 12.4 Å². The number of alkyl halides is 3. The fraction of sp³-hybridized carbons (Fsp3) is 0.600. The summed E-state index contributed by atoms with van der Waals surface area (Å²) in [5.74, 6) is 0. The predicted molar refractivity (Wildman–Crippen MR) is 80.8 cm³/mol. The molecule has 1 aromatic rings. The van der Waals surface area contributed by atoms with Crippen LogP contribution in [0.4, 0.5) is 13.2 Å². The number of rotatable bonds is 4. The minimum atomic E-state index is -4.26. The summed E-state index contributed by atoms with van der Waals surface area (Å²) in [5, 5.41) is 3.30. The zero-order chi connectivity index (χ0) is 14.6. The van der Waals surface area contributed by atoms with E-state index in [1.54, 1.807) is 12.1 Å². The van der Waals surface area contributed by atoms with Gasteiger partial charge in [-0.05, 0) is 24.1 Å². The molecule has 1 aliphatic rings. The van der Waals surface area contributed by atoms with E-state index < -0.39 is 11.7 Å². The van der Waals surface area contributed by atoms with E-state index in [1.807, 2.05) is 0 Å². The number of nitrogens with one attached hydrogen (secondary N) is 1. The first-order chi connectivity index (χ1) is 9.52. The predicted octanol–water partition coefficient (Wildman–Crippen LogP) is 3.87. The normalized spacial score (nSPS) is 18.1. The molecule has 1 N–H and O–H groups in total. The van der Waals surface area contributed by atoms with Crippen LogP contribution in [0.15, 0.2) is 24.3 Å². The van der Waals surface area contributed by atoms with Gasteiger partial charge in [-0.3, -0.25) is 4.90 Å². The topological polar surface area (TPSA) is 15.3 Å². The standard InChI is InChI=1S/C15H21F3N2.ClH/c1-2-3-14(20-10-8-19-9-11-20)12-4-6-13(7-5-12)15(16,17)18;/h4-7,14,19H,2-3,8-11H2,1H3;1H/t14-;/m1./s1. The van der Waals surface area contributed by atoms with E-state index >= 15 is 0 Å². The summed E-state index contributed by atoms with van der Waals surface area (Å²) >= 11 is 0. The third-order valence-electron chi connectivity index (χ3n) is 3.78. The minimum absolute atomic E-state index is 0. The van der Waals surface area contributed by atoms with Crippen LogP contribution in [-0.4, -0.2) is 31.1 Å². The monoisotopic (exact) mass is 322 g/mol. The molecule has 0 bridgehead atoms. The van der Waals surface area contributed by atoms with Crippen molar-refractivity contribution in [3.8, 4) is 0 Å². The molecule has 1 aromatic carbocycles. The van der Waals surface area contributed by atoms with E-state index in [2.05, 4.69) is 17.1 Å². The second-order valence-electron chi connectivity index (χ2n) is 5.21. The molecule has 0 amide bonds. The highest BCUT2D eigenvalue weighted by Crippen LogP contribution is 2.32. The molecule has 0 saturated carbocycles. The number of piperazine rings is 1. The van der Waals surface area contributed by atoms with Crippen LogP contribution in [0.3, 0.4) is 0 Å². The summed E-state index contributed by atoms with van der Waals surface area (Å²) in [6.07, 6.45) is -2.26. The first-order valence-corrected chi connectivity index (χ1v) is 7.14. The molecular weight excluding hydrogens is 301 g/mol. The van der Waals surface area contributed by atoms with Crippen molar-refractivity contribution in [1.29, 1.82) is 0 Å². The van der Waals surface area contributed by atoms with Crippen LogP contribution in [0, 0.1) is 0 Å². The molecule has 1 atom stereocenters. The van der Waals surface area contributed by atoms with E-state index in [1.165, 1.54) is 12.1 Å². The summed E-state index contributed by atoms with van der Waals surface area (Å²) in [5.41, 5.74) is 0.415. The van der Waals surface area contributed by atoms with Gasteiger partial charge in [0.1, 0.15) is 0 Å². The van der Waals surface area contributed by atoms with Gasteiger partial charge >= 0.3 is 6.18 Å². The average Bonchev–Trinajstić information content (AvgIpc) is 2.45. The first kappa shape index (κ1) is 18.3. The molecule has 21 heavy (non-hydrogen) atoms. The lowest BCUT2D eigenvalue weighted by Crippen LogP contribution is -2.45. The van der Waals surface area contributed by atoms with Gasteiger partial charge in [-0.15, -0.1) is 12.4 Å². The van der Waals surface area contributed by atoms with Crippen LogP contribution >= 0.6 is 12.4 Å². The van der Waals surface area contributed by atoms with Crippen molar-refractivity contribution in [2.75, 3.05) is 26.2 Å². The SMILES string of the molecule is CCC[C@H](c1ccc(C(F)(F)F)cc1)N1CCNCC1.Cl. The number of hydrogen-bond donors (Lipinski definition) is 1. The van der Waals surface area contributed by atoms with Gasteiger partial charge in [-0.25, -0.2) is 0 Å². The second kappa shape index (κ2) is 8.01. The van der Waals surface area contributed by atoms with Gasteiger partial charge in [-0.2, -0.15) is 13.2 Å². The summed E-state index contributed by atoms with van der Waals surface area (Å²) in [7, 11) is 0. The van der Waals surface area contributed by atoms with Gasteiger partial charge in [0.25, 0.3) is 0 Å². The Morgan fingerprint density at radius 2 is 1.71 bits per heavy atom. The van der Waals surface area contributed by atoms with Gasteiger partial charge in [0, 0.05) is 32.2 Å². The van der Waals surface area contributed by atoms with Gasteiger partial charge in [-0.1, -0.05) is 25.5 Å². The molecule has 2 rings (SSSR count). The van der Waals surface area contributed by atoms with Crippen molar-refractivity contribution in [1.82, 2.24) is 10.2 Å². The molecule has 2 nitrogen and oxygen atoms in total. The average molecular weight is 323 g/mol. The van der Waals surface area contributed by atoms with E-state index in [-0.39, 0.29) is 18.4 Å². The van der Waals surface area contributed by atoms with Crippen molar-refractivity contribution < 1.29 is 13.2 Å². The minimum Gasteiger partial charge on any atom is -0.314 e. The molecule has 1 saturated heterocycles. The molecule has 0 aromatic heterocycles. The van der Waals surface area contributed by atoms with Gasteiger partial charge in [0.15, 0.2) is 0 Å². The van der Waals surface area contributed by atoms with E-state index in [0.717, 1.165) is 44.6 Å². The molecule has 6 heteroatoms. The molecule has 1 heterocycles. The smallest absolute Gasteiger partial charge is 0.314 e. The van der Waals surface area contributed by atoms with Crippen LogP contribution in [0.1, 0.15) is 36.9 Å². The van der Waals surface area contributed by atoms with Crippen LogP contribution in [0.2, 0.25) is 0 Å². The molecule has 120 valence electrons. The maximum atomic E-state index is 12.6. The van der Waals surface area contributed by atoms with E-state index in [0.29, 0.717) is 0 Å². The number of benzene rings is 1. The van der Waals surface area contributed by atoms with Crippen molar-refractivity contribution in [2.24, 2.45) is 0 Å². The lowest BCUT2D eigenvalue weighted by Gasteiger charge is -2.35. The number of nitrogens with zero attached hydrogens (tertiary/aromatic N) is 1. The highest BCUT2D eigenvalue weighted by atomic mass is 35.5. The quantitative estimate of drug-likeness (QED) is 0.905. The Kier molecular flexibility index (Phi) is 6.97. The lowest BCUT2D eigenvalue weighted by molar-refractivity contribution is -0.137. The molecule has 1 aliphatic heterocycles. The maximum Gasteiger partial charge on any atom is 0.416 e. The first-order valence-electron chi connectivity index (χ1n) is 7.14. The Balaban J connectivity index is 0.00000220. The maximum absolute atomic E-state index is 12.6. The molecule has 0 spiro atoms. The third-order valence-corrected chi connectivity index (χ3v) is 3.78. The Hall–Kier alpha value is -0.780. The van der Waals surface area contributed by atoms with Gasteiger partial charge in [0.05, 0.1) is 5.56 Å². The highest BCUT2D eigenvalue weighted by molar-refractivity contribution is 5.85. The second-order valence-corrected chi connectivity index (χ2v) is 5.21. The van der Waals surface area contributed by atoms with Crippen molar-refractivity contribution in [2.45, 2.75) is 32.0 Å². The molecule has 0 unspecified atom stereocenters. The Morgan fingerprint density at radius 1 is 1.14 bits per heavy atom. The molecule has 0 radical (unpaired) electrons. The summed E-state index contributed by atoms with van der Waals surface area (Å²) in [4.78, 5) is 2.36. The third kappa shape index (κ3) is 4.87. The van der Waals surface area contributed by atoms with Crippen molar-refractivity contribution in [3.05, 3.63) is 35.4 Å². The molecule has 0 aliphatic carbocycles. The van der Waals surface area contributed by atoms with Crippen LogP contribution in [-0.2, 0) is 6.18 Å². The largest absolute Gasteiger partial charge is 0.416 e. The van der Waals surface area contributed by atoms with Crippen LogP contribution in [0.25, 0.3) is 0 Å². The zero-order valence-electron chi connectivity index (χ0n) is 12.1. The Bertz CT molecular complexity index is 414. The number of hydrogen-bond acceptors (Lipinski definition) is 2. The summed E-state index contributed by atoms with van der Waals surface area (Å²) in [6.45, 7) is 5.90.